The van der Waals surface area contributed by atoms with Gasteiger partial charge < -0.3 is 15.0 Å². The molecule has 0 bridgehead atoms. The maximum Gasteiger partial charge on any atom is 0.270 e. The molecule has 0 aromatic carbocycles. The summed E-state index contributed by atoms with van der Waals surface area (Å²) in [4.78, 5) is 33.2. The molecule has 154 valence electrons. The van der Waals surface area contributed by atoms with Gasteiger partial charge in [0.15, 0.2) is 0 Å². The third-order valence-electron chi connectivity index (χ3n) is 4.42. The minimum atomic E-state index is -2.40. The Kier molecular flexibility index (Phi) is 5.48. The van der Waals surface area contributed by atoms with Gasteiger partial charge in [-0.05, 0) is 23.8 Å². The lowest BCUT2D eigenvalue weighted by molar-refractivity contribution is 0.0945. The summed E-state index contributed by atoms with van der Waals surface area (Å²) in [5.41, 5.74) is 2.18. The van der Waals surface area contributed by atoms with Crippen molar-refractivity contribution in [2.24, 2.45) is 0 Å². The van der Waals surface area contributed by atoms with Gasteiger partial charge in [0.1, 0.15) is 17.0 Å². The first-order chi connectivity index (χ1) is 14.5. The Morgan fingerprint density at radius 2 is 1.93 bits per heavy atom. The number of rotatable bonds is 7. The standard InChI is InChI=1S/C20H18F2N6O2/c21-16(22)10-23-8-13-4-5-17-25-14(12-27(17)11-13)9-24-20(30)15-7-19(29)28-6-2-1-3-18(28)26-15/h1-7,11-12,16,23H,8-10H2,(H,24,30). The van der Waals surface area contributed by atoms with Crippen molar-refractivity contribution in [3.63, 3.8) is 0 Å². The molecular weight excluding hydrogens is 394 g/mol. The number of nitrogens with zero attached hydrogens (tertiary/aromatic N) is 4. The quantitative estimate of drug-likeness (QED) is 0.481. The van der Waals surface area contributed by atoms with E-state index < -0.39 is 12.3 Å². The van der Waals surface area contributed by atoms with Crippen molar-refractivity contribution >= 4 is 17.2 Å². The molecule has 10 heteroatoms. The molecule has 4 rings (SSSR count). The van der Waals surface area contributed by atoms with Gasteiger partial charge in [0, 0.05) is 31.2 Å². The van der Waals surface area contributed by atoms with Crippen LogP contribution in [-0.2, 0) is 13.1 Å². The van der Waals surface area contributed by atoms with E-state index in [0.29, 0.717) is 23.5 Å². The van der Waals surface area contributed by atoms with Crippen molar-refractivity contribution < 1.29 is 13.6 Å². The van der Waals surface area contributed by atoms with Crippen molar-refractivity contribution in [2.45, 2.75) is 19.5 Å². The number of carbonyl (C=O) groups is 1. The fraction of sp³-hybridized carbons (Fsp3) is 0.200. The molecule has 8 nitrogen and oxygen atoms in total. The van der Waals surface area contributed by atoms with Crippen molar-refractivity contribution in [1.29, 1.82) is 0 Å². The van der Waals surface area contributed by atoms with E-state index in [1.807, 2.05) is 0 Å². The lowest BCUT2D eigenvalue weighted by Gasteiger charge is -2.04. The number of nitrogens with one attached hydrogen (secondary N) is 2. The van der Waals surface area contributed by atoms with Gasteiger partial charge in [0.2, 0.25) is 0 Å². The molecule has 0 saturated heterocycles. The fourth-order valence-corrected chi connectivity index (χ4v) is 3.04. The average molecular weight is 412 g/mol. The van der Waals surface area contributed by atoms with Gasteiger partial charge in [0.05, 0.1) is 18.8 Å². The van der Waals surface area contributed by atoms with Crippen molar-refractivity contribution in [3.05, 3.63) is 82.3 Å². The fourth-order valence-electron chi connectivity index (χ4n) is 3.04. The van der Waals surface area contributed by atoms with Crippen LogP contribution in [0.2, 0.25) is 0 Å². The highest BCUT2D eigenvalue weighted by Crippen LogP contribution is 2.09. The number of alkyl halides is 2. The highest BCUT2D eigenvalue weighted by Gasteiger charge is 2.11. The van der Waals surface area contributed by atoms with E-state index in [1.165, 1.54) is 10.5 Å². The van der Waals surface area contributed by atoms with Gasteiger partial charge in [-0.2, -0.15) is 0 Å². The van der Waals surface area contributed by atoms with Crippen LogP contribution in [-0.4, -0.2) is 37.6 Å². The number of fused-ring (bicyclic) bond motifs is 2. The van der Waals surface area contributed by atoms with Gasteiger partial charge >= 0.3 is 0 Å². The minimum Gasteiger partial charge on any atom is -0.345 e. The monoisotopic (exact) mass is 412 g/mol. The summed E-state index contributed by atoms with van der Waals surface area (Å²) in [5.74, 6) is -0.479. The summed E-state index contributed by atoms with van der Waals surface area (Å²) in [7, 11) is 0. The SMILES string of the molecule is O=C(NCc1cn2cc(CNCC(F)F)ccc2n1)c1cc(=O)n2ccccc2n1. The number of hydrogen-bond donors (Lipinski definition) is 2. The van der Waals surface area contributed by atoms with Gasteiger partial charge in [-0.15, -0.1) is 0 Å². The molecular formula is C20H18F2N6O2. The first kappa shape index (κ1) is 19.6. The van der Waals surface area contributed by atoms with E-state index in [4.69, 9.17) is 0 Å². The molecule has 0 radical (unpaired) electrons. The Bertz CT molecular complexity index is 1270. The van der Waals surface area contributed by atoms with E-state index in [0.717, 1.165) is 5.56 Å². The van der Waals surface area contributed by atoms with Crippen molar-refractivity contribution in [2.75, 3.05) is 6.54 Å². The van der Waals surface area contributed by atoms with E-state index in [1.54, 1.807) is 53.3 Å². The topological polar surface area (TPSA) is 92.8 Å². The van der Waals surface area contributed by atoms with E-state index in [2.05, 4.69) is 20.6 Å². The summed E-state index contributed by atoms with van der Waals surface area (Å²) in [6.45, 7) is 0.0919. The molecule has 30 heavy (non-hydrogen) atoms. The van der Waals surface area contributed by atoms with Crippen LogP contribution in [0.3, 0.4) is 0 Å². The van der Waals surface area contributed by atoms with Gasteiger partial charge in [-0.3, -0.25) is 14.0 Å². The second-order valence-corrected chi connectivity index (χ2v) is 6.65. The van der Waals surface area contributed by atoms with Crippen molar-refractivity contribution in [3.8, 4) is 0 Å². The molecule has 1 amide bonds. The normalized spacial score (nSPS) is 11.4. The summed E-state index contributed by atoms with van der Waals surface area (Å²) < 4.78 is 27.6. The van der Waals surface area contributed by atoms with E-state index >= 15 is 0 Å². The second-order valence-electron chi connectivity index (χ2n) is 6.65. The van der Waals surface area contributed by atoms with Gasteiger partial charge in [-0.25, -0.2) is 18.7 Å². The highest BCUT2D eigenvalue weighted by atomic mass is 19.3. The predicted molar refractivity (Wildman–Crippen MR) is 106 cm³/mol. The van der Waals surface area contributed by atoms with E-state index in [-0.39, 0.29) is 24.3 Å². The molecule has 0 atom stereocenters. The number of hydrogen-bond acceptors (Lipinski definition) is 5. The van der Waals surface area contributed by atoms with Crippen LogP contribution in [0.5, 0.6) is 0 Å². The van der Waals surface area contributed by atoms with Crippen LogP contribution in [0.25, 0.3) is 11.3 Å². The number of halogens is 2. The number of aromatic nitrogens is 4. The lowest BCUT2D eigenvalue weighted by Crippen LogP contribution is -2.27. The van der Waals surface area contributed by atoms with Crippen LogP contribution < -0.4 is 16.2 Å². The van der Waals surface area contributed by atoms with Crippen molar-refractivity contribution in [1.82, 2.24) is 29.4 Å². The van der Waals surface area contributed by atoms with Crippen LogP contribution >= 0.6 is 0 Å². The minimum absolute atomic E-state index is 0.0300. The number of amides is 1. The Balaban J connectivity index is 1.44. The number of imidazole rings is 1. The number of carbonyl (C=O) groups excluding carboxylic acids is 1. The Hall–Kier alpha value is -3.66. The summed E-state index contributed by atoms with van der Waals surface area (Å²) in [5, 5.41) is 5.38. The summed E-state index contributed by atoms with van der Waals surface area (Å²) >= 11 is 0. The Morgan fingerprint density at radius 1 is 1.07 bits per heavy atom. The first-order valence-corrected chi connectivity index (χ1v) is 9.21. The average Bonchev–Trinajstić information content (AvgIpc) is 3.14. The molecule has 0 fully saturated rings. The summed E-state index contributed by atoms with van der Waals surface area (Å²) in [6.07, 6.45) is 2.72. The molecule has 0 spiro atoms. The first-order valence-electron chi connectivity index (χ1n) is 9.21. The molecule has 2 N–H and O–H groups in total. The molecule has 0 unspecified atom stereocenters. The molecule has 0 saturated carbocycles. The van der Waals surface area contributed by atoms with Gasteiger partial charge in [0.25, 0.3) is 17.9 Å². The van der Waals surface area contributed by atoms with Crippen LogP contribution in [0.4, 0.5) is 8.78 Å². The molecule has 4 aromatic heterocycles. The molecule has 0 aliphatic carbocycles. The van der Waals surface area contributed by atoms with Crippen LogP contribution in [0.1, 0.15) is 21.7 Å². The molecule has 0 aliphatic rings. The summed E-state index contributed by atoms with van der Waals surface area (Å²) in [6, 6.07) is 9.85. The van der Waals surface area contributed by atoms with Crippen LogP contribution in [0, 0.1) is 0 Å². The third kappa shape index (κ3) is 4.33. The molecule has 0 aliphatic heterocycles. The number of pyridine rings is 2. The Morgan fingerprint density at radius 3 is 2.77 bits per heavy atom. The third-order valence-corrected chi connectivity index (χ3v) is 4.42. The van der Waals surface area contributed by atoms with E-state index in [9.17, 15) is 18.4 Å². The van der Waals surface area contributed by atoms with Gasteiger partial charge in [-0.1, -0.05) is 12.1 Å². The highest BCUT2D eigenvalue weighted by molar-refractivity contribution is 5.92. The maximum absolute atomic E-state index is 12.4. The smallest absolute Gasteiger partial charge is 0.270 e. The lowest BCUT2D eigenvalue weighted by atomic mass is 10.3. The molecule has 4 heterocycles. The van der Waals surface area contributed by atoms with Crippen LogP contribution in [0.15, 0.2) is 59.8 Å². The largest absolute Gasteiger partial charge is 0.345 e. The maximum atomic E-state index is 12.4. The zero-order valence-corrected chi connectivity index (χ0v) is 15.8. The predicted octanol–water partition coefficient (Wildman–Crippen LogP) is 1.63. The second kappa shape index (κ2) is 8.37. The zero-order valence-electron chi connectivity index (χ0n) is 15.8. The molecule has 4 aromatic rings. The zero-order chi connectivity index (χ0) is 21.1. The Labute approximate surface area is 169 Å².